The van der Waals surface area contributed by atoms with Gasteiger partial charge < -0.3 is 10.0 Å². The van der Waals surface area contributed by atoms with Crippen LogP contribution in [0, 0.1) is 15.9 Å². The summed E-state index contributed by atoms with van der Waals surface area (Å²) in [5.41, 5.74) is 2.03. The smallest absolute Gasteiger partial charge is 0.295 e. The molecule has 0 bridgehead atoms. The minimum absolute atomic E-state index is 0.0713. The van der Waals surface area contributed by atoms with Crippen LogP contribution in [0.1, 0.15) is 49.1 Å². The number of ketones is 1. The Bertz CT molecular complexity index is 1390. The Morgan fingerprint density at radius 2 is 1.68 bits per heavy atom. The van der Waals surface area contributed by atoms with Gasteiger partial charge in [-0.2, -0.15) is 0 Å². The molecule has 1 unspecified atom stereocenters. The summed E-state index contributed by atoms with van der Waals surface area (Å²) in [5, 5.41) is 22.4. The van der Waals surface area contributed by atoms with Gasteiger partial charge in [0, 0.05) is 24.2 Å². The molecule has 0 aromatic heterocycles. The second-order valence-corrected chi connectivity index (χ2v) is 10.0. The number of Topliss-reactive ketones (excluding diaryl/α,β-unsaturated/α-hetero) is 1. The van der Waals surface area contributed by atoms with Crippen molar-refractivity contribution in [2.75, 3.05) is 6.54 Å². The van der Waals surface area contributed by atoms with Crippen molar-refractivity contribution in [3.63, 3.8) is 0 Å². The van der Waals surface area contributed by atoms with E-state index >= 15 is 0 Å². The Morgan fingerprint density at radius 1 is 1.03 bits per heavy atom. The highest BCUT2D eigenvalue weighted by atomic mass is 19.1. The van der Waals surface area contributed by atoms with Crippen LogP contribution in [0.5, 0.6) is 0 Å². The van der Waals surface area contributed by atoms with E-state index in [0.717, 1.165) is 11.1 Å². The van der Waals surface area contributed by atoms with E-state index in [9.17, 15) is 29.2 Å². The average Bonchev–Trinajstić information content (AvgIpc) is 3.12. The van der Waals surface area contributed by atoms with E-state index in [4.69, 9.17) is 0 Å². The van der Waals surface area contributed by atoms with Crippen LogP contribution in [-0.4, -0.2) is 33.2 Å². The van der Waals surface area contributed by atoms with Crippen molar-refractivity contribution in [2.24, 2.45) is 0 Å². The quantitative estimate of drug-likeness (QED) is 0.153. The number of nitro groups is 1. The van der Waals surface area contributed by atoms with E-state index in [0.29, 0.717) is 12.0 Å². The van der Waals surface area contributed by atoms with E-state index in [1.807, 2.05) is 24.3 Å². The third-order valence-electron chi connectivity index (χ3n) is 6.52. The molecule has 1 saturated heterocycles. The first-order chi connectivity index (χ1) is 17.5. The highest BCUT2D eigenvalue weighted by Crippen LogP contribution is 2.40. The van der Waals surface area contributed by atoms with Crippen LogP contribution in [0.4, 0.5) is 10.1 Å². The first kappa shape index (κ1) is 25.8. The van der Waals surface area contributed by atoms with Gasteiger partial charge in [0.25, 0.3) is 17.4 Å². The van der Waals surface area contributed by atoms with Crippen LogP contribution >= 0.6 is 0 Å². The van der Waals surface area contributed by atoms with Gasteiger partial charge in [0.1, 0.15) is 11.6 Å². The molecule has 190 valence electrons. The number of nitro benzene ring substituents is 1. The van der Waals surface area contributed by atoms with Gasteiger partial charge in [-0.15, -0.1) is 0 Å². The summed E-state index contributed by atoms with van der Waals surface area (Å²) in [6.45, 7) is 6.35. The largest absolute Gasteiger partial charge is 0.507 e. The SMILES string of the molecule is CC(C)(C)c1ccc(C2/C(=C(/O)c3cccc([N+](=O)[O-])c3)C(=O)C(=O)N2CCc2ccc(F)cc2)cc1. The zero-order valence-electron chi connectivity index (χ0n) is 20.8. The number of aliphatic hydroxyl groups is 1. The van der Waals surface area contributed by atoms with Crippen molar-refractivity contribution in [3.05, 3.63) is 117 Å². The molecule has 1 aliphatic heterocycles. The molecule has 0 aliphatic carbocycles. The summed E-state index contributed by atoms with van der Waals surface area (Å²) >= 11 is 0. The molecule has 1 heterocycles. The lowest BCUT2D eigenvalue weighted by Crippen LogP contribution is -2.31. The Hall–Kier alpha value is -4.33. The summed E-state index contributed by atoms with van der Waals surface area (Å²) in [6, 6.07) is 17.8. The van der Waals surface area contributed by atoms with Crippen LogP contribution < -0.4 is 0 Å². The van der Waals surface area contributed by atoms with Gasteiger partial charge in [0.2, 0.25) is 0 Å². The van der Waals surface area contributed by atoms with Crippen molar-refractivity contribution < 1.29 is 24.0 Å². The fourth-order valence-corrected chi connectivity index (χ4v) is 4.45. The number of carbonyl (C=O) groups is 2. The second-order valence-electron chi connectivity index (χ2n) is 10.0. The number of aliphatic hydroxyl groups excluding tert-OH is 1. The lowest BCUT2D eigenvalue weighted by molar-refractivity contribution is -0.384. The molecule has 1 atom stereocenters. The monoisotopic (exact) mass is 502 g/mol. The number of amides is 1. The van der Waals surface area contributed by atoms with Crippen LogP contribution in [0.25, 0.3) is 5.76 Å². The van der Waals surface area contributed by atoms with Gasteiger partial charge in [-0.1, -0.05) is 69.3 Å². The fourth-order valence-electron chi connectivity index (χ4n) is 4.45. The number of hydrogen-bond donors (Lipinski definition) is 1. The predicted molar refractivity (Wildman–Crippen MR) is 137 cm³/mol. The van der Waals surface area contributed by atoms with Gasteiger partial charge >= 0.3 is 0 Å². The van der Waals surface area contributed by atoms with Crippen LogP contribution in [0.2, 0.25) is 0 Å². The van der Waals surface area contributed by atoms with Crippen LogP contribution in [0.3, 0.4) is 0 Å². The van der Waals surface area contributed by atoms with E-state index in [1.165, 1.54) is 41.3 Å². The third-order valence-corrected chi connectivity index (χ3v) is 6.52. The third kappa shape index (κ3) is 5.28. The lowest BCUT2D eigenvalue weighted by Gasteiger charge is -2.26. The minimum atomic E-state index is -0.895. The number of likely N-dealkylation sites (tertiary alicyclic amines) is 1. The Balaban J connectivity index is 1.80. The summed E-state index contributed by atoms with van der Waals surface area (Å²) < 4.78 is 13.3. The first-order valence-electron chi connectivity index (χ1n) is 11.9. The predicted octanol–water partition coefficient (Wildman–Crippen LogP) is 5.70. The van der Waals surface area contributed by atoms with Crippen molar-refractivity contribution >= 4 is 23.1 Å². The normalized spacial score (nSPS) is 17.3. The standard InChI is InChI=1S/C29H27FN2O5/c1-29(2,3)21-11-9-19(10-12-21)25-24(26(33)20-5-4-6-23(17-20)32(36)37)27(34)28(35)31(25)16-15-18-7-13-22(30)14-8-18/h4-14,17,25,33H,15-16H2,1-3H3/b26-24-. The van der Waals surface area contributed by atoms with E-state index in [1.54, 1.807) is 12.1 Å². The molecule has 37 heavy (non-hydrogen) atoms. The molecule has 3 aromatic carbocycles. The van der Waals surface area contributed by atoms with Crippen molar-refractivity contribution in [1.29, 1.82) is 0 Å². The maximum absolute atomic E-state index is 13.3. The number of rotatable bonds is 6. The molecule has 0 radical (unpaired) electrons. The maximum Gasteiger partial charge on any atom is 0.295 e. The topological polar surface area (TPSA) is 101 Å². The molecule has 0 spiro atoms. The maximum atomic E-state index is 13.3. The van der Waals surface area contributed by atoms with Gasteiger partial charge in [-0.3, -0.25) is 19.7 Å². The molecule has 1 N–H and O–H groups in total. The van der Waals surface area contributed by atoms with Crippen LogP contribution in [-0.2, 0) is 21.4 Å². The lowest BCUT2D eigenvalue weighted by atomic mass is 9.85. The zero-order chi connectivity index (χ0) is 26.9. The number of non-ortho nitro benzene ring substituents is 1. The molecule has 3 aromatic rings. The number of nitrogens with zero attached hydrogens (tertiary/aromatic N) is 2. The van der Waals surface area contributed by atoms with Gasteiger partial charge in [0.15, 0.2) is 0 Å². The molecule has 1 fully saturated rings. The fraction of sp³-hybridized carbons (Fsp3) is 0.241. The summed E-state index contributed by atoms with van der Waals surface area (Å²) in [5.74, 6) is -2.50. The summed E-state index contributed by atoms with van der Waals surface area (Å²) in [4.78, 5) is 38.5. The van der Waals surface area contributed by atoms with E-state index < -0.39 is 28.4 Å². The molecule has 1 aliphatic rings. The Morgan fingerprint density at radius 3 is 2.27 bits per heavy atom. The first-order valence-corrected chi connectivity index (χ1v) is 11.9. The number of benzene rings is 3. The summed E-state index contributed by atoms with van der Waals surface area (Å²) in [6.07, 6.45) is 0.362. The van der Waals surface area contributed by atoms with Crippen molar-refractivity contribution in [2.45, 2.75) is 38.6 Å². The zero-order valence-corrected chi connectivity index (χ0v) is 20.8. The number of hydrogen-bond acceptors (Lipinski definition) is 5. The highest BCUT2D eigenvalue weighted by Gasteiger charge is 2.46. The molecular formula is C29H27FN2O5. The van der Waals surface area contributed by atoms with E-state index in [2.05, 4.69) is 20.8 Å². The van der Waals surface area contributed by atoms with Gasteiger partial charge in [0.05, 0.1) is 16.5 Å². The summed E-state index contributed by atoms with van der Waals surface area (Å²) in [7, 11) is 0. The van der Waals surface area contributed by atoms with Crippen molar-refractivity contribution in [1.82, 2.24) is 4.90 Å². The van der Waals surface area contributed by atoms with Crippen molar-refractivity contribution in [3.8, 4) is 0 Å². The second kappa shape index (κ2) is 9.97. The average molecular weight is 503 g/mol. The van der Waals surface area contributed by atoms with E-state index in [-0.39, 0.29) is 34.6 Å². The Labute approximate surface area is 214 Å². The molecular weight excluding hydrogens is 475 g/mol. The molecule has 1 amide bonds. The van der Waals surface area contributed by atoms with Gasteiger partial charge in [-0.05, 0) is 40.7 Å². The highest BCUT2D eigenvalue weighted by molar-refractivity contribution is 6.46. The molecule has 7 nitrogen and oxygen atoms in total. The number of halogens is 1. The van der Waals surface area contributed by atoms with Crippen LogP contribution in [0.15, 0.2) is 78.4 Å². The van der Waals surface area contributed by atoms with Gasteiger partial charge in [-0.25, -0.2) is 4.39 Å². The Kier molecular flexibility index (Phi) is 6.94. The molecule has 4 rings (SSSR count). The minimum Gasteiger partial charge on any atom is -0.507 e. The number of carbonyl (C=O) groups excluding carboxylic acids is 2. The molecule has 0 saturated carbocycles. The molecule has 8 heteroatoms.